The van der Waals surface area contributed by atoms with Gasteiger partial charge in [0.2, 0.25) is 0 Å². The molecule has 0 unspecified atom stereocenters. The Kier molecular flexibility index (Phi) is 2.93. The van der Waals surface area contributed by atoms with Gasteiger partial charge >= 0.3 is 0 Å². The van der Waals surface area contributed by atoms with Gasteiger partial charge in [-0.05, 0) is 55.2 Å². The summed E-state index contributed by atoms with van der Waals surface area (Å²) in [7, 11) is 0. The zero-order valence-electron chi connectivity index (χ0n) is 14.9. The second kappa shape index (κ2) is 5.37. The van der Waals surface area contributed by atoms with Crippen molar-refractivity contribution in [2.75, 3.05) is 0 Å². The SMILES string of the molecule is O=C1C=CC(=O)c2c1c1ccc3ccccc3c1c1c2ccc2ccccc21. The highest BCUT2D eigenvalue weighted by Crippen LogP contribution is 2.42. The van der Waals surface area contributed by atoms with Crippen LogP contribution in [0.25, 0.3) is 43.1 Å². The van der Waals surface area contributed by atoms with Crippen molar-refractivity contribution >= 4 is 54.7 Å². The summed E-state index contributed by atoms with van der Waals surface area (Å²) in [5.74, 6) is -0.213. The number of allylic oxidation sites excluding steroid dienone is 2. The van der Waals surface area contributed by atoms with E-state index in [-0.39, 0.29) is 11.6 Å². The van der Waals surface area contributed by atoms with Crippen LogP contribution < -0.4 is 0 Å². The van der Waals surface area contributed by atoms with Crippen LogP contribution in [0.15, 0.2) is 84.9 Å². The van der Waals surface area contributed by atoms with E-state index in [2.05, 4.69) is 24.3 Å². The van der Waals surface area contributed by atoms with Gasteiger partial charge in [-0.1, -0.05) is 72.8 Å². The first-order valence-electron chi connectivity index (χ1n) is 9.29. The van der Waals surface area contributed by atoms with Crippen LogP contribution in [0.3, 0.4) is 0 Å². The summed E-state index contributed by atoms with van der Waals surface area (Å²) in [5, 5.41) is 8.21. The number of fused-ring (bicyclic) bond motifs is 10. The summed E-state index contributed by atoms with van der Waals surface area (Å²) in [6.07, 6.45) is 2.79. The molecule has 1 aliphatic rings. The van der Waals surface area contributed by atoms with Crippen molar-refractivity contribution in [1.29, 1.82) is 0 Å². The van der Waals surface area contributed by atoms with Crippen molar-refractivity contribution in [3.05, 3.63) is 96.1 Å². The number of hydrogen-bond acceptors (Lipinski definition) is 2. The average Bonchev–Trinajstić information content (AvgIpc) is 2.75. The Morgan fingerprint density at radius 3 is 1.32 bits per heavy atom. The van der Waals surface area contributed by atoms with Crippen molar-refractivity contribution in [2.24, 2.45) is 0 Å². The first-order valence-corrected chi connectivity index (χ1v) is 9.29. The molecular formula is C26H14O2. The van der Waals surface area contributed by atoms with E-state index in [1.165, 1.54) is 12.2 Å². The van der Waals surface area contributed by atoms with Crippen molar-refractivity contribution in [1.82, 2.24) is 0 Å². The summed E-state index contributed by atoms with van der Waals surface area (Å²) in [6, 6.07) is 24.5. The maximum Gasteiger partial charge on any atom is 0.187 e. The first-order chi connectivity index (χ1) is 13.7. The van der Waals surface area contributed by atoms with Crippen molar-refractivity contribution in [3.8, 4) is 0 Å². The molecule has 0 spiro atoms. The van der Waals surface area contributed by atoms with Crippen LogP contribution in [-0.2, 0) is 0 Å². The van der Waals surface area contributed by atoms with Crippen LogP contribution in [0.2, 0.25) is 0 Å². The topological polar surface area (TPSA) is 34.1 Å². The average molecular weight is 358 g/mol. The Morgan fingerprint density at radius 2 is 0.857 bits per heavy atom. The lowest BCUT2D eigenvalue weighted by molar-refractivity contribution is 0.0996. The molecule has 0 radical (unpaired) electrons. The van der Waals surface area contributed by atoms with Gasteiger partial charge in [-0.2, -0.15) is 0 Å². The van der Waals surface area contributed by atoms with Gasteiger partial charge in [-0.3, -0.25) is 9.59 Å². The second-order valence-electron chi connectivity index (χ2n) is 7.23. The molecule has 0 aliphatic heterocycles. The van der Waals surface area contributed by atoms with Crippen LogP contribution in [-0.4, -0.2) is 11.6 Å². The van der Waals surface area contributed by atoms with E-state index in [1.807, 2.05) is 48.5 Å². The normalized spacial score (nSPS) is 13.7. The van der Waals surface area contributed by atoms with E-state index >= 15 is 0 Å². The molecule has 0 N–H and O–H groups in total. The van der Waals surface area contributed by atoms with Gasteiger partial charge in [0.15, 0.2) is 11.6 Å². The van der Waals surface area contributed by atoms with Gasteiger partial charge in [0.05, 0.1) is 0 Å². The van der Waals surface area contributed by atoms with Crippen LogP contribution >= 0.6 is 0 Å². The fraction of sp³-hybridized carbons (Fsp3) is 0. The third-order valence-electron chi connectivity index (χ3n) is 5.78. The third kappa shape index (κ3) is 1.87. The highest BCUT2D eigenvalue weighted by molar-refractivity contribution is 6.39. The van der Waals surface area contributed by atoms with Crippen LogP contribution in [0.4, 0.5) is 0 Å². The van der Waals surface area contributed by atoms with Crippen LogP contribution in [0.5, 0.6) is 0 Å². The predicted molar refractivity (Wildman–Crippen MR) is 114 cm³/mol. The summed E-state index contributed by atoms with van der Waals surface area (Å²) in [4.78, 5) is 25.7. The largest absolute Gasteiger partial charge is 0.289 e. The van der Waals surface area contributed by atoms with E-state index in [9.17, 15) is 9.59 Å². The van der Waals surface area contributed by atoms with Crippen molar-refractivity contribution < 1.29 is 9.59 Å². The minimum Gasteiger partial charge on any atom is -0.289 e. The second-order valence-corrected chi connectivity index (χ2v) is 7.23. The Labute approximate surface area is 160 Å². The zero-order valence-corrected chi connectivity index (χ0v) is 14.9. The van der Waals surface area contributed by atoms with Crippen LogP contribution in [0, 0.1) is 0 Å². The number of rotatable bonds is 0. The molecule has 0 fully saturated rings. The molecule has 2 nitrogen and oxygen atoms in total. The predicted octanol–water partition coefficient (Wildman–Crippen LogP) is 6.23. The summed E-state index contributed by atoms with van der Waals surface area (Å²) < 4.78 is 0. The molecule has 0 bridgehead atoms. The number of benzene rings is 5. The zero-order chi connectivity index (χ0) is 18.8. The Morgan fingerprint density at radius 1 is 0.429 bits per heavy atom. The van der Waals surface area contributed by atoms with Gasteiger partial charge < -0.3 is 0 Å². The summed E-state index contributed by atoms with van der Waals surface area (Å²) in [6.45, 7) is 0. The fourth-order valence-electron chi connectivity index (χ4n) is 4.60. The highest BCUT2D eigenvalue weighted by Gasteiger charge is 2.26. The maximum absolute atomic E-state index is 12.8. The van der Waals surface area contributed by atoms with E-state index in [0.717, 1.165) is 43.1 Å². The molecule has 130 valence electrons. The van der Waals surface area contributed by atoms with Gasteiger partial charge in [-0.25, -0.2) is 0 Å². The molecule has 2 heteroatoms. The van der Waals surface area contributed by atoms with E-state index in [1.54, 1.807) is 0 Å². The summed E-state index contributed by atoms with van der Waals surface area (Å²) in [5.41, 5.74) is 1.05. The van der Waals surface area contributed by atoms with Gasteiger partial charge in [-0.15, -0.1) is 0 Å². The standard InChI is InChI=1S/C26H14O2/c27-21-13-14-22(28)26-20-12-10-16-6-2-4-8-18(16)24(20)23-17-7-3-1-5-15(17)9-11-19(23)25(21)26/h1-14H. The lowest BCUT2D eigenvalue weighted by Crippen LogP contribution is -2.13. The quantitative estimate of drug-likeness (QED) is 0.307. The van der Waals surface area contributed by atoms with Crippen molar-refractivity contribution in [3.63, 3.8) is 0 Å². The number of ketones is 2. The first kappa shape index (κ1) is 15.3. The Hall–Kier alpha value is -3.78. The molecule has 5 aromatic carbocycles. The molecule has 0 saturated carbocycles. The monoisotopic (exact) mass is 358 g/mol. The van der Waals surface area contributed by atoms with E-state index < -0.39 is 0 Å². The minimum atomic E-state index is -0.107. The van der Waals surface area contributed by atoms with Gasteiger partial charge in [0.25, 0.3) is 0 Å². The smallest absolute Gasteiger partial charge is 0.187 e. The molecule has 0 heterocycles. The number of carbonyl (C=O) groups is 2. The lowest BCUT2D eigenvalue weighted by Gasteiger charge is -2.19. The third-order valence-corrected chi connectivity index (χ3v) is 5.78. The number of carbonyl (C=O) groups excluding carboxylic acids is 2. The van der Waals surface area contributed by atoms with Gasteiger partial charge in [0.1, 0.15) is 0 Å². The molecule has 0 atom stereocenters. The number of hydrogen-bond donors (Lipinski definition) is 0. The molecule has 1 aliphatic carbocycles. The van der Waals surface area contributed by atoms with Gasteiger partial charge in [0, 0.05) is 11.1 Å². The fourth-order valence-corrected chi connectivity index (χ4v) is 4.60. The molecule has 0 amide bonds. The molecular weight excluding hydrogens is 344 g/mol. The molecule has 6 rings (SSSR count). The molecule has 28 heavy (non-hydrogen) atoms. The Bertz CT molecular complexity index is 1420. The van der Waals surface area contributed by atoms with E-state index in [4.69, 9.17) is 0 Å². The Balaban J connectivity index is 2.04. The minimum absolute atomic E-state index is 0.107. The molecule has 0 aromatic heterocycles. The molecule has 5 aromatic rings. The maximum atomic E-state index is 12.8. The summed E-state index contributed by atoms with van der Waals surface area (Å²) >= 11 is 0. The molecule has 0 saturated heterocycles. The van der Waals surface area contributed by atoms with Crippen LogP contribution in [0.1, 0.15) is 20.7 Å². The highest BCUT2D eigenvalue weighted by atomic mass is 16.1. The van der Waals surface area contributed by atoms with E-state index in [0.29, 0.717) is 11.1 Å². The van der Waals surface area contributed by atoms with Crippen molar-refractivity contribution in [2.45, 2.75) is 0 Å². The lowest BCUT2D eigenvalue weighted by atomic mass is 9.82.